The first-order valence-corrected chi connectivity index (χ1v) is 12.5. The van der Waals surface area contributed by atoms with Crippen LogP contribution < -0.4 is 11.1 Å². The molecule has 186 valence electrons. The second-order valence-electron chi connectivity index (χ2n) is 8.63. The quantitative estimate of drug-likeness (QED) is 0.437. The molecule has 3 aromatic rings. The smallest absolute Gasteiger partial charge is 0.276 e. The third-order valence-electron chi connectivity index (χ3n) is 4.63. The highest BCUT2D eigenvalue weighted by Crippen LogP contribution is 2.37. The van der Waals surface area contributed by atoms with Crippen molar-refractivity contribution in [1.82, 2.24) is 15.1 Å². The Morgan fingerprint density at radius 2 is 1.83 bits per heavy atom. The van der Waals surface area contributed by atoms with E-state index in [1.54, 1.807) is 18.2 Å². The van der Waals surface area contributed by atoms with Crippen molar-refractivity contribution in [1.29, 1.82) is 0 Å². The number of amides is 1. The van der Waals surface area contributed by atoms with Crippen LogP contribution in [0.1, 0.15) is 36.8 Å². The number of aromatic nitrogens is 2. The lowest BCUT2D eigenvalue weighted by Crippen LogP contribution is -2.40. The lowest BCUT2D eigenvalue weighted by Gasteiger charge is -2.19. The fourth-order valence-electron chi connectivity index (χ4n) is 3.17. The predicted octanol–water partition coefficient (Wildman–Crippen LogP) is 3.56. The number of benzene rings is 2. The van der Waals surface area contributed by atoms with Gasteiger partial charge in [-0.05, 0) is 51.1 Å². The van der Waals surface area contributed by atoms with E-state index >= 15 is 0 Å². The van der Waals surface area contributed by atoms with Crippen molar-refractivity contribution in [3.05, 3.63) is 58.7 Å². The highest BCUT2D eigenvalue weighted by atomic mass is 35.5. The molecule has 0 unspecified atom stereocenters. The van der Waals surface area contributed by atoms with Crippen LogP contribution in [0.3, 0.4) is 0 Å². The molecule has 3 rings (SSSR count). The van der Waals surface area contributed by atoms with Crippen LogP contribution in [0.2, 0.25) is 5.02 Å². The van der Waals surface area contributed by atoms with Crippen LogP contribution in [0.5, 0.6) is 5.75 Å². The van der Waals surface area contributed by atoms with Crippen LogP contribution in [0, 0.1) is 11.8 Å². The Labute approximate surface area is 215 Å². The number of hydrogen-bond donors (Lipinski definition) is 3. The molecule has 1 aromatic heterocycles. The molecule has 0 bridgehead atoms. The monoisotopic (exact) mass is 536 g/mol. The lowest BCUT2D eigenvalue weighted by atomic mass is 10.1. The molecule has 1 amide bonds. The Morgan fingerprint density at radius 3 is 2.34 bits per heavy atom. The van der Waals surface area contributed by atoms with Crippen molar-refractivity contribution < 1.29 is 18.3 Å². The van der Waals surface area contributed by atoms with Crippen LogP contribution >= 0.6 is 24.0 Å². The van der Waals surface area contributed by atoms with Gasteiger partial charge in [0.15, 0.2) is 21.3 Å². The van der Waals surface area contributed by atoms with E-state index in [1.807, 2.05) is 20.8 Å². The minimum absolute atomic E-state index is 0. The highest BCUT2D eigenvalue weighted by molar-refractivity contribution is 7.90. The molecular formula is C24H26Cl2N4O4S. The number of sulfone groups is 1. The number of halogens is 2. The van der Waals surface area contributed by atoms with Gasteiger partial charge >= 0.3 is 0 Å². The molecule has 0 fully saturated rings. The molecule has 0 aliphatic heterocycles. The van der Waals surface area contributed by atoms with Gasteiger partial charge in [0, 0.05) is 22.9 Å². The summed E-state index contributed by atoms with van der Waals surface area (Å²) in [5, 5.41) is 18.5. The molecule has 0 saturated carbocycles. The van der Waals surface area contributed by atoms with Crippen molar-refractivity contribution in [3.63, 3.8) is 0 Å². The first-order chi connectivity index (χ1) is 15.8. The highest BCUT2D eigenvalue weighted by Gasteiger charge is 2.28. The summed E-state index contributed by atoms with van der Waals surface area (Å²) in [4.78, 5) is 13.0. The summed E-state index contributed by atoms with van der Waals surface area (Å²) in [5.41, 5.74) is 6.32. The molecule has 8 nitrogen and oxygen atoms in total. The minimum Gasteiger partial charge on any atom is -0.504 e. The van der Waals surface area contributed by atoms with Crippen LogP contribution in [0.4, 0.5) is 0 Å². The molecule has 1 heterocycles. The number of aromatic hydroxyl groups is 1. The van der Waals surface area contributed by atoms with E-state index in [0.717, 1.165) is 6.26 Å². The summed E-state index contributed by atoms with van der Waals surface area (Å²) < 4.78 is 25.1. The Bertz CT molecular complexity index is 1410. The van der Waals surface area contributed by atoms with E-state index in [4.69, 9.17) is 17.3 Å². The Balaban J connectivity index is 0.00000432. The standard InChI is InChI=1S/C24H25ClN4O4S.ClH/c1-24(2,3)27-23(31)20-22(30)21(16-8-10-17(11-9-16)34(4,32)33)29(28-20)19-12-7-15(6-5-13-26)14-18(19)25;/h7-12,14,30H,13,26H2,1-4H3,(H,27,31);1H. The molecule has 0 aliphatic rings. The summed E-state index contributed by atoms with van der Waals surface area (Å²) in [7, 11) is -3.41. The van der Waals surface area contributed by atoms with Crippen molar-refractivity contribution in [3.8, 4) is 34.5 Å². The van der Waals surface area contributed by atoms with Crippen LogP contribution in [0.15, 0.2) is 47.4 Å². The zero-order valence-corrected chi connectivity index (χ0v) is 22.0. The second kappa shape index (κ2) is 10.7. The fraction of sp³-hybridized carbons (Fsp3) is 0.250. The van der Waals surface area contributed by atoms with Gasteiger partial charge < -0.3 is 16.2 Å². The third-order valence-corrected chi connectivity index (χ3v) is 6.06. The van der Waals surface area contributed by atoms with E-state index < -0.39 is 21.3 Å². The number of hydrogen-bond acceptors (Lipinski definition) is 6. The van der Waals surface area contributed by atoms with Crippen molar-refractivity contribution >= 4 is 39.8 Å². The maximum Gasteiger partial charge on any atom is 0.276 e. The van der Waals surface area contributed by atoms with Crippen molar-refractivity contribution in [2.45, 2.75) is 31.2 Å². The molecule has 4 N–H and O–H groups in total. The largest absolute Gasteiger partial charge is 0.504 e. The van der Waals surface area contributed by atoms with Crippen LogP contribution in [-0.2, 0) is 9.84 Å². The summed E-state index contributed by atoms with van der Waals surface area (Å²) >= 11 is 6.51. The molecule has 2 aromatic carbocycles. The molecule has 0 saturated heterocycles. The Kier molecular flexibility index (Phi) is 8.63. The van der Waals surface area contributed by atoms with Gasteiger partial charge in [-0.15, -0.1) is 12.4 Å². The molecule has 0 radical (unpaired) electrons. The van der Waals surface area contributed by atoms with Crippen LogP contribution in [-0.4, -0.2) is 47.6 Å². The van der Waals surface area contributed by atoms with E-state index in [1.165, 1.54) is 28.9 Å². The SMILES string of the molecule is CC(C)(C)NC(=O)c1nn(-c2ccc(C#CCN)cc2Cl)c(-c2ccc(S(C)(=O)=O)cc2)c1O.Cl. The van der Waals surface area contributed by atoms with Crippen molar-refractivity contribution in [2.75, 3.05) is 12.8 Å². The lowest BCUT2D eigenvalue weighted by molar-refractivity contribution is 0.0911. The molecular weight excluding hydrogens is 511 g/mol. The number of nitrogens with zero attached hydrogens (tertiary/aromatic N) is 2. The molecule has 0 spiro atoms. The summed E-state index contributed by atoms with van der Waals surface area (Å²) in [6, 6.07) is 10.9. The van der Waals surface area contributed by atoms with Gasteiger partial charge in [-0.3, -0.25) is 4.79 Å². The fourth-order valence-corrected chi connectivity index (χ4v) is 4.06. The summed E-state index contributed by atoms with van der Waals surface area (Å²) in [6.07, 6.45) is 1.10. The van der Waals surface area contributed by atoms with Gasteiger partial charge in [0.05, 0.1) is 22.2 Å². The third kappa shape index (κ3) is 6.55. The number of carbonyl (C=O) groups excluding carboxylic acids is 1. The maximum absolute atomic E-state index is 12.9. The van der Waals surface area contributed by atoms with Crippen LogP contribution in [0.25, 0.3) is 16.9 Å². The van der Waals surface area contributed by atoms with Gasteiger partial charge in [0.2, 0.25) is 0 Å². The summed E-state index contributed by atoms with van der Waals surface area (Å²) in [6.45, 7) is 5.62. The Morgan fingerprint density at radius 1 is 1.20 bits per heavy atom. The number of nitrogens with two attached hydrogens (primary N) is 1. The average molecular weight is 537 g/mol. The van der Waals surface area contributed by atoms with Gasteiger partial charge in [-0.25, -0.2) is 13.1 Å². The first kappa shape index (κ1) is 28.2. The molecule has 0 aliphatic carbocycles. The Hall–Kier alpha value is -3.03. The molecule has 35 heavy (non-hydrogen) atoms. The minimum atomic E-state index is -3.41. The number of rotatable bonds is 4. The zero-order chi connectivity index (χ0) is 25.3. The molecule has 11 heteroatoms. The summed E-state index contributed by atoms with van der Waals surface area (Å²) in [5.74, 6) is 4.71. The van der Waals surface area contributed by atoms with E-state index in [0.29, 0.717) is 16.8 Å². The number of nitrogens with one attached hydrogen (secondary N) is 1. The zero-order valence-electron chi connectivity index (χ0n) is 19.6. The number of carbonyl (C=O) groups is 1. The maximum atomic E-state index is 12.9. The van der Waals surface area contributed by atoms with Gasteiger partial charge in [-0.2, -0.15) is 5.10 Å². The van der Waals surface area contributed by atoms with E-state index in [-0.39, 0.29) is 46.0 Å². The normalized spacial score (nSPS) is 11.3. The van der Waals surface area contributed by atoms with E-state index in [9.17, 15) is 18.3 Å². The van der Waals surface area contributed by atoms with Gasteiger partial charge in [0.25, 0.3) is 5.91 Å². The topological polar surface area (TPSA) is 127 Å². The first-order valence-electron chi connectivity index (χ1n) is 10.3. The van der Waals surface area contributed by atoms with Gasteiger partial charge in [0.1, 0.15) is 5.69 Å². The molecule has 0 atom stereocenters. The van der Waals surface area contributed by atoms with Gasteiger partial charge in [-0.1, -0.05) is 35.6 Å². The average Bonchev–Trinajstić information content (AvgIpc) is 3.07. The second-order valence-corrected chi connectivity index (χ2v) is 11.1. The predicted molar refractivity (Wildman–Crippen MR) is 139 cm³/mol. The van der Waals surface area contributed by atoms with Crippen molar-refractivity contribution in [2.24, 2.45) is 5.73 Å². The van der Waals surface area contributed by atoms with E-state index in [2.05, 4.69) is 22.3 Å².